The molecule has 3 fully saturated rings. The van der Waals surface area contributed by atoms with E-state index in [1.807, 2.05) is 12.1 Å². The van der Waals surface area contributed by atoms with Crippen molar-refractivity contribution in [1.29, 1.82) is 0 Å². The molecule has 32 heavy (non-hydrogen) atoms. The van der Waals surface area contributed by atoms with Crippen LogP contribution in [-0.4, -0.2) is 42.8 Å². The Kier molecular flexibility index (Phi) is 8.52. The molecule has 1 saturated heterocycles. The first-order chi connectivity index (χ1) is 15.6. The lowest BCUT2D eigenvalue weighted by Crippen LogP contribution is -2.50. The second kappa shape index (κ2) is 11.5. The Morgan fingerprint density at radius 1 is 1.19 bits per heavy atom. The lowest BCUT2D eigenvalue weighted by molar-refractivity contribution is -0.0134. The summed E-state index contributed by atoms with van der Waals surface area (Å²) in [7, 11) is 0. The van der Waals surface area contributed by atoms with Gasteiger partial charge < -0.3 is 15.4 Å². The fraction of sp³-hybridized carbons (Fsp3) is 0.600. The number of benzene rings is 1. The molecule has 1 aromatic carbocycles. The molecule has 0 bridgehead atoms. The highest BCUT2D eigenvalue weighted by Crippen LogP contribution is 2.35. The summed E-state index contributed by atoms with van der Waals surface area (Å²) in [5, 5.41) is 0. The minimum Gasteiger partial charge on any atom is -0.385 e. The zero-order valence-electron chi connectivity index (χ0n) is 18.8. The van der Waals surface area contributed by atoms with Crippen LogP contribution in [0.25, 0.3) is 0 Å². The number of ether oxygens (including phenoxy) is 1. The number of hydrogen-bond donors (Lipinski definition) is 3. The van der Waals surface area contributed by atoms with Gasteiger partial charge in [0.05, 0.1) is 18.5 Å². The molecule has 1 aliphatic heterocycles. The Labute approximate surface area is 196 Å². The molecule has 0 spiro atoms. The van der Waals surface area contributed by atoms with E-state index in [2.05, 4.69) is 27.0 Å². The second-order valence-electron chi connectivity index (χ2n) is 9.40. The zero-order valence-corrected chi connectivity index (χ0v) is 19.7. The number of piperidine rings is 1. The normalized spacial score (nSPS) is 29.2. The van der Waals surface area contributed by atoms with Crippen molar-refractivity contribution in [2.24, 2.45) is 11.7 Å². The Balaban J connectivity index is 1.27. The van der Waals surface area contributed by atoms with E-state index in [1.165, 1.54) is 18.9 Å². The summed E-state index contributed by atoms with van der Waals surface area (Å²) in [5.74, 6) is 1.46. The van der Waals surface area contributed by atoms with Crippen molar-refractivity contribution >= 4 is 12.1 Å². The Hall–Kier alpha value is -1.54. The molecule has 4 N–H and O–H groups in total. The van der Waals surface area contributed by atoms with Crippen LogP contribution in [0, 0.1) is 11.7 Å². The number of halogens is 1. The predicted octanol–water partition coefficient (Wildman–Crippen LogP) is 4.45. The van der Waals surface area contributed by atoms with Crippen molar-refractivity contribution in [3.8, 4) is 0 Å². The number of hydrogen-bond acceptors (Lipinski definition) is 6. The van der Waals surface area contributed by atoms with Gasteiger partial charge in [-0.1, -0.05) is 24.8 Å². The van der Waals surface area contributed by atoms with Gasteiger partial charge in [0.15, 0.2) is 0 Å². The Morgan fingerprint density at radius 2 is 2.00 bits per heavy atom. The van der Waals surface area contributed by atoms with E-state index in [4.69, 9.17) is 10.5 Å². The van der Waals surface area contributed by atoms with Crippen LogP contribution in [0.1, 0.15) is 56.4 Å². The van der Waals surface area contributed by atoms with Crippen molar-refractivity contribution in [2.75, 3.05) is 19.7 Å². The lowest BCUT2D eigenvalue weighted by atomic mass is 9.82. The number of rotatable bonds is 10. The zero-order chi connectivity index (χ0) is 22.3. The van der Waals surface area contributed by atoms with Gasteiger partial charge in [-0.05, 0) is 74.6 Å². The highest BCUT2D eigenvalue weighted by atomic mass is 32.2. The first kappa shape index (κ1) is 23.6. The number of nitrogens with one attached hydrogen (secondary N) is 2. The summed E-state index contributed by atoms with van der Waals surface area (Å²) in [6.45, 7) is 6.32. The molecule has 176 valence electrons. The molecule has 7 heteroatoms. The fourth-order valence-electron chi connectivity index (χ4n) is 4.79. The minimum atomic E-state index is -0.139. The average molecular weight is 461 g/mol. The summed E-state index contributed by atoms with van der Waals surface area (Å²) in [5.41, 5.74) is 7.37. The number of allylic oxidation sites excluding steroid dienone is 2. The molecule has 4 rings (SSSR count). The van der Waals surface area contributed by atoms with Gasteiger partial charge in [-0.3, -0.25) is 0 Å². The molecule has 2 unspecified atom stereocenters. The molecule has 1 heterocycles. The first-order valence-electron chi connectivity index (χ1n) is 12.0. The number of nitrogens with two attached hydrogens (primary N) is 1. The van der Waals surface area contributed by atoms with Gasteiger partial charge in [-0.15, -0.1) is 0 Å². The third kappa shape index (κ3) is 6.73. The largest absolute Gasteiger partial charge is 0.385 e. The topological polar surface area (TPSA) is 62.5 Å². The molecular weight excluding hydrogens is 423 g/mol. The average Bonchev–Trinajstić information content (AvgIpc) is 3.63. The predicted molar refractivity (Wildman–Crippen MR) is 130 cm³/mol. The minimum absolute atomic E-state index is 0.139. The SMILES string of the molecule is C=C/C=C(\N)N1CCC(NSNC2CC2)C(COC2CCC(c3cccc(F)c3)CC2)C1. The molecule has 0 radical (unpaired) electrons. The number of nitrogens with zero attached hydrogens (tertiary/aromatic N) is 1. The second-order valence-corrected chi connectivity index (χ2v) is 10.1. The van der Waals surface area contributed by atoms with Gasteiger partial charge >= 0.3 is 0 Å². The molecule has 3 aliphatic rings. The standard InChI is InChI=1S/C25H37FN4OS/c1-2-4-25(27)30-14-13-24(29-32-28-22-9-10-22)20(16-30)17-31-23-11-7-18(8-12-23)19-5-3-6-21(26)15-19/h2-6,15,18,20,22-24,28-29H,1,7-14,16-17,27H2/b25-4+. The Bertz CT molecular complexity index is 779. The molecule has 2 atom stereocenters. The van der Waals surface area contributed by atoms with E-state index in [0.29, 0.717) is 23.9 Å². The maximum absolute atomic E-state index is 13.6. The van der Waals surface area contributed by atoms with Crippen LogP contribution in [-0.2, 0) is 4.74 Å². The van der Waals surface area contributed by atoms with Crippen molar-refractivity contribution in [1.82, 2.24) is 14.3 Å². The Morgan fingerprint density at radius 3 is 2.72 bits per heavy atom. The van der Waals surface area contributed by atoms with E-state index >= 15 is 0 Å². The molecule has 2 aliphatic carbocycles. The first-order valence-corrected chi connectivity index (χ1v) is 12.8. The van der Waals surface area contributed by atoms with Gasteiger partial charge in [0.1, 0.15) is 5.82 Å². The van der Waals surface area contributed by atoms with Crippen LogP contribution in [0.2, 0.25) is 0 Å². The van der Waals surface area contributed by atoms with Crippen molar-refractivity contribution in [2.45, 2.75) is 69.1 Å². The van der Waals surface area contributed by atoms with Crippen LogP contribution in [0.4, 0.5) is 4.39 Å². The fourth-order valence-corrected chi connectivity index (χ4v) is 5.73. The van der Waals surface area contributed by atoms with Crippen LogP contribution in [0.3, 0.4) is 0 Å². The summed E-state index contributed by atoms with van der Waals surface area (Å²) < 4.78 is 27.1. The molecule has 5 nitrogen and oxygen atoms in total. The lowest BCUT2D eigenvalue weighted by Gasteiger charge is -2.40. The van der Waals surface area contributed by atoms with E-state index in [0.717, 1.165) is 63.2 Å². The van der Waals surface area contributed by atoms with E-state index in [-0.39, 0.29) is 11.9 Å². The number of likely N-dealkylation sites (tertiary alicyclic amines) is 1. The van der Waals surface area contributed by atoms with Crippen LogP contribution in [0.15, 0.2) is 48.8 Å². The molecular formula is C25H37FN4OS. The summed E-state index contributed by atoms with van der Waals surface area (Å²) in [6.07, 6.45) is 11.7. The van der Waals surface area contributed by atoms with Crippen molar-refractivity contribution in [3.63, 3.8) is 0 Å². The van der Waals surface area contributed by atoms with Gasteiger partial charge in [0.2, 0.25) is 0 Å². The third-order valence-electron chi connectivity index (χ3n) is 6.94. The van der Waals surface area contributed by atoms with Crippen LogP contribution in [0.5, 0.6) is 0 Å². The highest BCUT2D eigenvalue weighted by Gasteiger charge is 2.32. The van der Waals surface area contributed by atoms with Gasteiger partial charge in [0, 0.05) is 43.2 Å². The quantitative estimate of drug-likeness (QED) is 0.354. The third-order valence-corrected chi connectivity index (χ3v) is 7.81. The van der Waals surface area contributed by atoms with E-state index < -0.39 is 0 Å². The van der Waals surface area contributed by atoms with Crippen molar-refractivity contribution < 1.29 is 9.13 Å². The van der Waals surface area contributed by atoms with Gasteiger partial charge in [-0.25, -0.2) is 13.8 Å². The summed E-state index contributed by atoms with van der Waals surface area (Å²) in [6, 6.07) is 8.14. The van der Waals surface area contributed by atoms with Gasteiger partial charge in [0.25, 0.3) is 0 Å². The van der Waals surface area contributed by atoms with E-state index in [1.54, 1.807) is 24.3 Å². The molecule has 1 aromatic rings. The highest BCUT2D eigenvalue weighted by molar-refractivity contribution is 7.95. The van der Waals surface area contributed by atoms with Crippen molar-refractivity contribution in [3.05, 3.63) is 60.2 Å². The smallest absolute Gasteiger partial charge is 0.123 e. The summed E-state index contributed by atoms with van der Waals surface area (Å²) in [4.78, 5) is 2.24. The maximum atomic E-state index is 13.6. The molecule has 2 saturated carbocycles. The summed E-state index contributed by atoms with van der Waals surface area (Å²) >= 11 is 1.65. The molecule has 0 aromatic heterocycles. The maximum Gasteiger partial charge on any atom is 0.123 e. The molecule has 0 amide bonds. The van der Waals surface area contributed by atoms with E-state index in [9.17, 15) is 4.39 Å². The van der Waals surface area contributed by atoms with Gasteiger partial charge in [-0.2, -0.15) is 0 Å². The van der Waals surface area contributed by atoms with Crippen LogP contribution < -0.4 is 15.2 Å². The van der Waals surface area contributed by atoms with Crippen LogP contribution >= 0.6 is 12.1 Å². The monoisotopic (exact) mass is 460 g/mol.